The smallest absolute Gasteiger partial charge is 0.307 e. The van der Waals surface area contributed by atoms with Crippen LogP contribution >= 0.6 is 0 Å². The maximum atomic E-state index is 10.6. The van der Waals surface area contributed by atoms with Crippen LogP contribution in [-0.4, -0.2) is 5.97 Å². The van der Waals surface area contributed by atoms with E-state index in [9.17, 15) is 4.79 Å². The van der Waals surface area contributed by atoms with Crippen molar-refractivity contribution in [3.8, 4) is 0 Å². The molecule has 17 heavy (non-hydrogen) atoms. The lowest BCUT2D eigenvalue weighted by Gasteiger charge is -2.11. The molecule has 0 bridgehead atoms. The molecule has 0 fully saturated rings. The van der Waals surface area contributed by atoms with E-state index in [0.29, 0.717) is 5.92 Å². The highest BCUT2D eigenvalue weighted by molar-refractivity contribution is 5.66. The summed E-state index contributed by atoms with van der Waals surface area (Å²) in [6.45, 7) is 7.84. The van der Waals surface area contributed by atoms with Crippen LogP contribution in [0, 0.1) is 0 Å². The molecule has 0 saturated carbocycles. The van der Waals surface area contributed by atoms with Crippen LogP contribution in [0.4, 0.5) is 0 Å². The summed E-state index contributed by atoms with van der Waals surface area (Å²) in [7, 11) is 0. The van der Waals surface area contributed by atoms with Crippen molar-refractivity contribution in [3.63, 3.8) is 0 Å². The molecule has 1 aromatic carbocycles. The largest absolute Gasteiger partial charge is 0.435 e. The molecule has 0 aromatic heterocycles. The van der Waals surface area contributed by atoms with Crippen molar-refractivity contribution < 1.29 is 9.53 Å². The van der Waals surface area contributed by atoms with Crippen molar-refractivity contribution in [2.75, 3.05) is 0 Å². The second-order valence-electron chi connectivity index (χ2n) is 4.55. The van der Waals surface area contributed by atoms with Crippen molar-refractivity contribution in [1.29, 1.82) is 0 Å². The van der Waals surface area contributed by atoms with E-state index in [1.807, 2.05) is 6.08 Å². The summed E-state index contributed by atoms with van der Waals surface area (Å²) < 4.78 is 4.79. The number of hydrogen-bond acceptors (Lipinski definition) is 2. The third-order valence-electron chi connectivity index (χ3n) is 2.70. The SMILES string of the molecule is CC(=O)O/C=C/C(C)c1cccc(C(C)C)c1. The second-order valence-corrected chi connectivity index (χ2v) is 4.55. The molecular formula is C15H20O2. The molecule has 1 atom stereocenters. The summed E-state index contributed by atoms with van der Waals surface area (Å²) in [5.74, 6) is 0.483. The Kier molecular flexibility index (Phi) is 4.95. The van der Waals surface area contributed by atoms with E-state index < -0.39 is 0 Å². The van der Waals surface area contributed by atoms with Gasteiger partial charge >= 0.3 is 5.97 Å². The third-order valence-corrected chi connectivity index (χ3v) is 2.70. The lowest BCUT2D eigenvalue weighted by Crippen LogP contribution is -1.95. The highest BCUT2D eigenvalue weighted by atomic mass is 16.5. The van der Waals surface area contributed by atoms with Crippen LogP contribution in [0.25, 0.3) is 0 Å². The minimum atomic E-state index is -0.288. The molecule has 0 amide bonds. The molecule has 1 unspecified atom stereocenters. The summed E-state index contributed by atoms with van der Waals surface area (Å²) in [6, 6.07) is 8.50. The zero-order chi connectivity index (χ0) is 12.8. The van der Waals surface area contributed by atoms with Crippen LogP contribution < -0.4 is 0 Å². The van der Waals surface area contributed by atoms with Crippen LogP contribution in [-0.2, 0) is 9.53 Å². The predicted octanol–water partition coefficient (Wildman–Crippen LogP) is 3.99. The Hall–Kier alpha value is -1.57. The summed E-state index contributed by atoms with van der Waals surface area (Å²) in [4.78, 5) is 10.6. The Morgan fingerprint density at radius 2 is 1.88 bits per heavy atom. The van der Waals surface area contributed by atoms with E-state index in [1.54, 1.807) is 0 Å². The van der Waals surface area contributed by atoms with E-state index >= 15 is 0 Å². The van der Waals surface area contributed by atoms with Crippen LogP contribution in [0.3, 0.4) is 0 Å². The Morgan fingerprint density at radius 3 is 2.47 bits per heavy atom. The van der Waals surface area contributed by atoms with Gasteiger partial charge in [0, 0.05) is 12.8 Å². The number of carbonyl (C=O) groups is 1. The number of ether oxygens (including phenoxy) is 1. The van der Waals surface area contributed by atoms with E-state index in [4.69, 9.17) is 4.74 Å². The molecule has 1 aromatic rings. The van der Waals surface area contributed by atoms with E-state index in [2.05, 4.69) is 45.0 Å². The lowest BCUT2D eigenvalue weighted by atomic mass is 9.95. The molecule has 1 rings (SSSR count). The first kappa shape index (κ1) is 13.5. The van der Waals surface area contributed by atoms with Gasteiger partial charge < -0.3 is 4.74 Å². The zero-order valence-electron chi connectivity index (χ0n) is 10.9. The number of rotatable bonds is 4. The number of esters is 1. The predicted molar refractivity (Wildman–Crippen MR) is 69.9 cm³/mol. The number of allylic oxidation sites excluding steroid dienone is 1. The number of hydrogen-bond donors (Lipinski definition) is 0. The Morgan fingerprint density at radius 1 is 1.24 bits per heavy atom. The molecule has 0 radical (unpaired) electrons. The van der Waals surface area contributed by atoms with Gasteiger partial charge in [0.2, 0.25) is 0 Å². The topological polar surface area (TPSA) is 26.3 Å². The molecule has 0 spiro atoms. The summed E-state index contributed by atoms with van der Waals surface area (Å²) in [6.07, 6.45) is 3.36. The van der Waals surface area contributed by atoms with Gasteiger partial charge in [-0.25, -0.2) is 0 Å². The first-order chi connectivity index (χ1) is 8.00. The van der Waals surface area contributed by atoms with Crippen LogP contribution in [0.15, 0.2) is 36.6 Å². The monoisotopic (exact) mass is 232 g/mol. The Balaban J connectivity index is 2.74. The van der Waals surface area contributed by atoms with Crippen LogP contribution in [0.2, 0.25) is 0 Å². The number of benzene rings is 1. The van der Waals surface area contributed by atoms with Gasteiger partial charge in [-0.15, -0.1) is 0 Å². The highest BCUT2D eigenvalue weighted by Crippen LogP contribution is 2.22. The molecule has 0 aliphatic rings. The van der Waals surface area contributed by atoms with Crippen molar-refractivity contribution in [2.45, 2.75) is 39.5 Å². The quantitative estimate of drug-likeness (QED) is 0.579. The lowest BCUT2D eigenvalue weighted by molar-refractivity contribution is -0.135. The van der Waals surface area contributed by atoms with Gasteiger partial charge in [-0.3, -0.25) is 4.79 Å². The van der Waals surface area contributed by atoms with Crippen molar-refractivity contribution in [3.05, 3.63) is 47.7 Å². The molecule has 0 aliphatic carbocycles. The molecule has 0 N–H and O–H groups in total. The molecule has 0 aliphatic heterocycles. The van der Waals surface area contributed by atoms with Crippen molar-refractivity contribution >= 4 is 5.97 Å². The van der Waals surface area contributed by atoms with Crippen LogP contribution in [0.1, 0.15) is 50.7 Å². The fourth-order valence-corrected chi connectivity index (χ4v) is 1.57. The fraction of sp³-hybridized carbons (Fsp3) is 0.400. The summed E-state index contributed by atoms with van der Waals surface area (Å²) in [5.41, 5.74) is 2.56. The minimum absolute atomic E-state index is 0.244. The fourth-order valence-electron chi connectivity index (χ4n) is 1.57. The standard InChI is InChI=1S/C15H20O2/c1-11(2)14-6-5-7-15(10-14)12(3)8-9-17-13(4)16/h5-12H,1-4H3/b9-8+. The average molecular weight is 232 g/mol. The average Bonchev–Trinajstić information content (AvgIpc) is 2.28. The van der Waals surface area contributed by atoms with Crippen molar-refractivity contribution in [2.24, 2.45) is 0 Å². The van der Waals surface area contributed by atoms with Gasteiger partial charge in [-0.05, 0) is 23.1 Å². The highest BCUT2D eigenvalue weighted by Gasteiger charge is 2.04. The van der Waals surface area contributed by atoms with Gasteiger partial charge in [0.05, 0.1) is 6.26 Å². The Labute approximate surface area is 103 Å². The molecule has 2 heteroatoms. The van der Waals surface area contributed by atoms with E-state index in [1.165, 1.54) is 24.3 Å². The molecule has 0 heterocycles. The zero-order valence-corrected chi connectivity index (χ0v) is 10.9. The maximum Gasteiger partial charge on any atom is 0.307 e. The van der Waals surface area contributed by atoms with Gasteiger partial charge in [-0.2, -0.15) is 0 Å². The van der Waals surface area contributed by atoms with Crippen LogP contribution in [0.5, 0.6) is 0 Å². The molecule has 92 valence electrons. The molecular weight excluding hydrogens is 212 g/mol. The molecule has 2 nitrogen and oxygen atoms in total. The van der Waals surface area contributed by atoms with Gasteiger partial charge in [0.25, 0.3) is 0 Å². The minimum Gasteiger partial charge on any atom is -0.435 e. The van der Waals surface area contributed by atoms with Gasteiger partial charge in [0.15, 0.2) is 0 Å². The second kappa shape index (κ2) is 6.24. The first-order valence-electron chi connectivity index (χ1n) is 5.94. The van der Waals surface area contributed by atoms with Gasteiger partial charge in [-0.1, -0.05) is 45.0 Å². The van der Waals surface area contributed by atoms with E-state index in [0.717, 1.165) is 0 Å². The molecule has 0 saturated heterocycles. The van der Waals surface area contributed by atoms with Gasteiger partial charge in [0.1, 0.15) is 0 Å². The summed E-state index contributed by atoms with van der Waals surface area (Å²) in [5, 5.41) is 0. The van der Waals surface area contributed by atoms with E-state index in [-0.39, 0.29) is 11.9 Å². The summed E-state index contributed by atoms with van der Waals surface area (Å²) >= 11 is 0. The number of carbonyl (C=O) groups excluding carboxylic acids is 1. The normalized spacial score (nSPS) is 13.0. The van der Waals surface area contributed by atoms with Crippen molar-refractivity contribution in [1.82, 2.24) is 0 Å². The first-order valence-corrected chi connectivity index (χ1v) is 5.94. The third kappa shape index (κ3) is 4.43. The maximum absolute atomic E-state index is 10.6. The Bertz CT molecular complexity index is 405.